The summed E-state index contributed by atoms with van der Waals surface area (Å²) in [5.41, 5.74) is 4.80. The maximum Gasteiger partial charge on any atom is 0.255 e. The Morgan fingerprint density at radius 1 is 0.862 bits per heavy atom. The molecule has 29 heavy (non-hydrogen) atoms. The number of amides is 1. The number of rotatable bonds is 4. The Balaban J connectivity index is 1.43. The Labute approximate surface area is 172 Å². The molecular weight excluding hydrogens is 358 g/mol. The van der Waals surface area contributed by atoms with Gasteiger partial charge in [0.1, 0.15) is 0 Å². The van der Waals surface area contributed by atoms with Crippen molar-refractivity contribution in [2.45, 2.75) is 19.9 Å². The van der Waals surface area contributed by atoms with E-state index in [0.717, 1.165) is 56.1 Å². The average molecular weight is 386 g/mol. The molecule has 1 saturated heterocycles. The molecule has 148 valence electrons. The van der Waals surface area contributed by atoms with E-state index in [9.17, 15) is 4.79 Å². The minimum atomic E-state index is 0.0937. The highest BCUT2D eigenvalue weighted by Crippen LogP contribution is 2.20. The van der Waals surface area contributed by atoms with Crippen molar-refractivity contribution in [3.05, 3.63) is 89.6 Å². The normalized spacial score (nSPS) is 15.1. The van der Waals surface area contributed by atoms with Crippen LogP contribution in [0.1, 0.15) is 28.0 Å². The SMILES string of the molecule is Cc1nc(-c2ccccc2)ccc1C(=O)N1CCCN(Cc2ccccc2)CC1. The van der Waals surface area contributed by atoms with Crippen molar-refractivity contribution < 1.29 is 4.79 Å². The zero-order valence-electron chi connectivity index (χ0n) is 16.9. The average Bonchev–Trinajstić information content (AvgIpc) is 3.00. The van der Waals surface area contributed by atoms with Gasteiger partial charge in [-0.25, -0.2) is 0 Å². The molecule has 0 N–H and O–H groups in total. The molecule has 0 radical (unpaired) electrons. The highest BCUT2D eigenvalue weighted by Gasteiger charge is 2.22. The van der Waals surface area contributed by atoms with Crippen LogP contribution >= 0.6 is 0 Å². The van der Waals surface area contributed by atoms with Crippen LogP contribution in [0.25, 0.3) is 11.3 Å². The van der Waals surface area contributed by atoms with E-state index in [4.69, 9.17) is 4.98 Å². The van der Waals surface area contributed by atoms with E-state index in [1.807, 2.05) is 60.4 Å². The van der Waals surface area contributed by atoms with Crippen LogP contribution in [-0.2, 0) is 6.54 Å². The second-order valence-corrected chi connectivity index (χ2v) is 7.60. The van der Waals surface area contributed by atoms with Crippen LogP contribution in [0.15, 0.2) is 72.8 Å². The number of aromatic nitrogens is 1. The van der Waals surface area contributed by atoms with E-state index in [-0.39, 0.29) is 5.91 Å². The molecule has 2 heterocycles. The van der Waals surface area contributed by atoms with Crippen molar-refractivity contribution in [3.63, 3.8) is 0 Å². The lowest BCUT2D eigenvalue weighted by atomic mass is 10.1. The molecule has 1 aromatic heterocycles. The van der Waals surface area contributed by atoms with Gasteiger partial charge >= 0.3 is 0 Å². The molecule has 4 heteroatoms. The van der Waals surface area contributed by atoms with Crippen LogP contribution in [0.4, 0.5) is 0 Å². The number of hydrogen-bond donors (Lipinski definition) is 0. The lowest BCUT2D eigenvalue weighted by Crippen LogP contribution is -2.35. The third kappa shape index (κ3) is 4.72. The first-order valence-electron chi connectivity index (χ1n) is 10.3. The zero-order valence-corrected chi connectivity index (χ0v) is 16.9. The first-order chi connectivity index (χ1) is 14.2. The molecule has 2 aromatic carbocycles. The molecule has 0 spiro atoms. The van der Waals surface area contributed by atoms with Crippen molar-refractivity contribution in [1.29, 1.82) is 0 Å². The van der Waals surface area contributed by atoms with Crippen LogP contribution in [0.3, 0.4) is 0 Å². The highest BCUT2D eigenvalue weighted by atomic mass is 16.2. The number of hydrogen-bond acceptors (Lipinski definition) is 3. The molecule has 0 bridgehead atoms. The summed E-state index contributed by atoms with van der Waals surface area (Å²) < 4.78 is 0. The largest absolute Gasteiger partial charge is 0.337 e. The first kappa shape index (κ1) is 19.3. The smallest absolute Gasteiger partial charge is 0.255 e. The van der Waals surface area contributed by atoms with Crippen LogP contribution in [0, 0.1) is 6.92 Å². The van der Waals surface area contributed by atoms with Crippen LogP contribution < -0.4 is 0 Å². The second-order valence-electron chi connectivity index (χ2n) is 7.60. The molecular formula is C25H27N3O. The summed E-state index contributed by atoms with van der Waals surface area (Å²) in [4.78, 5) is 22.3. The number of pyridine rings is 1. The number of carbonyl (C=O) groups excluding carboxylic acids is 1. The topological polar surface area (TPSA) is 36.4 Å². The molecule has 1 aliphatic heterocycles. The van der Waals surface area contributed by atoms with Crippen LogP contribution in [0.5, 0.6) is 0 Å². The number of carbonyl (C=O) groups is 1. The van der Waals surface area contributed by atoms with Gasteiger partial charge in [0.05, 0.1) is 17.0 Å². The van der Waals surface area contributed by atoms with Gasteiger partial charge in [-0.05, 0) is 31.0 Å². The molecule has 0 saturated carbocycles. The molecule has 0 atom stereocenters. The molecule has 4 nitrogen and oxygen atoms in total. The van der Waals surface area contributed by atoms with Crippen molar-refractivity contribution >= 4 is 5.91 Å². The number of benzene rings is 2. The Kier molecular flexibility index (Phi) is 6.01. The Bertz CT molecular complexity index is 956. The van der Waals surface area contributed by atoms with Crippen LogP contribution in [-0.4, -0.2) is 46.9 Å². The van der Waals surface area contributed by atoms with Gasteiger partial charge in [-0.1, -0.05) is 60.7 Å². The predicted molar refractivity (Wildman–Crippen MR) is 117 cm³/mol. The Morgan fingerprint density at radius 2 is 1.59 bits per heavy atom. The monoisotopic (exact) mass is 385 g/mol. The van der Waals surface area contributed by atoms with Crippen molar-refractivity contribution in [3.8, 4) is 11.3 Å². The maximum absolute atomic E-state index is 13.2. The quantitative estimate of drug-likeness (QED) is 0.668. The minimum Gasteiger partial charge on any atom is -0.337 e. The van der Waals surface area contributed by atoms with E-state index in [0.29, 0.717) is 5.56 Å². The minimum absolute atomic E-state index is 0.0937. The van der Waals surface area contributed by atoms with Gasteiger partial charge in [0.25, 0.3) is 5.91 Å². The maximum atomic E-state index is 13.2. The lowest BCUT2D eigenvalue weighted by Gasteiger charge is -2.22. The van der Waals surface area contributed by atoms with Crippen LogP contribution in [0.2, 0.25) is 0 Å². The summed E-state index contributed by atoms with van der Waals surface area (Å²) in [6.45, 7) is 6.34. The zero-order chi connectivity index (χ0) is 20.1. The second kappa shape index (κ2) is 9.01. The Morgan fingerprint density at radius 3 is 2.31 bits per heavy atom. The molecule has 4 rings (SSSR count). The third-order valence-electron chi connectivity index (χ3n) is 5.51. The van der Waals surface area contributed by atoms with Gasteiger partial charge in [0, 0.05) is 38.3 Å². The van der Waals surface area contributed by atoms with Gasteiger partial charge in [-0.15, -0.1) is 0 Å². The van der Waals surface area contributed by atoms with Gasteiger partial charge in [-0.2, -0.15) is 0 Å². The lowest BCUT2D eigenvalue weighted by molar-refractivity contribution is 0.0760. The van der Waals surface area contributed by atoms with E-state index in [1.165, 1.54) is 5.56 Å². The first-order valence-corrected chi connectivity index (χ1v) is 10.3. The van der Waals surface area contributed by atoms with E-state index >= 15 is 0 Å². The van der Waals surface area contributed by atoms with Crippen molar-refractivity contribution in [2.75, 3.05) is 26.2 Å². The van der Waals surface area contributed by atoms with Gasteiger partial charge in [0.2, 0.25) is 0 Å². The predicted octanol–water partition coefficient (Wildman–Crippen LogP) is 4.41. The van der Waals surface area contributed by atoms with E-state index in [1.54, 1.807) is 0 Å². The van der Waals surface area contributed by atoms with Gasteiger partial charge in [-0.3, -0.25) is 14.7 Å². The summed E-state index contributed by atoms with van der Waals surface area (Å²) in [6.07, 6.45) is 0.993. The van der Waals surface area contributed by atoms with Crippen molar-refractivity contribution in [1.82, 2.24) is 14.8 Å². The summed E-state index contributed by atoms with van der Waals surface area (Å²) in [7, 11) is 0. The summed E-state index contributed by atoms with van der Waals surface area (Å²) >= 11 is 0. The third-order valence-corrected chi connectivity index (χ3v) is 5.51. The molecule has 0 unspecified atom stereocenters. The van der Waals surface area contributed by atoms with E-state index in [2.05, 4.69) is 29.2 Å². The molecule has 0 aliphatic carbocycles. The van der Waals surface area contributed by atoms with Crippen molar-refractivity contribution in [2.24, 2.45) is 0 Å². The fraction of sp³-hybridized carbons (Fsp3) is 0.280. The summed E-state index contributed by atoms with van der Waals surface area (Å²) in [5, 5.41) is 0. The van der Waals surface area contributed by atoms with E-state index < -0.39 is 0 Å². The fourth-order valence-electron chi connectivity index (χ4n) is 3.90. The highest BCUT2D eigenvalue weighted by molar-refractivity contribution is 5.95. The molecule has 3 aromatic rings. The standard InChI is InChI=1S/C25H27N3O/c1-20-23(13-14-24(26-20)22-11-6-3-7-12-22)25(29)28-16-8-15-27(17-18-28)19-21-9-4-2-5-10-21/h2-7,9-14H,8,15-19H2,1H3. The summed E-state index contributed by atoms with van der Waals surface area (Å²) in [5.74, 6) is 0.0937. The molecule has 1 fully saturated rings. The molecule has 1 amide bonds. The number of nitrogens with zero attached hydrogens (tertiary/aromatic N) is 3. The summed E-state index contributed by atoms with van der Waals surface area (Å²) in [6, 6.07) is 24.5. The molecule has 1 aliphatic rings. The Hall–Kier alpha value is -2.98. The fourth-order valence-corrected chi connectivity index (χ4v) is 3.90. The van der Waals surface area contributed by atoms with Gasteiger partial charge in [0.15, 0.2) is 0 Å². The van der Waals surface area contributed by atoms with Gasteiger partial charge < -0.3 is 4.90 Å². The number of aryl methyl sites for hydroxylation is 1.